The van der Waals surface area contributed by atoms with E-state index in [1.54, 1.807) is 0 Å². The first-order valence-electron chi connectivity index (χ1n) is 6.69. The molecule has 0 saturated heterocycles. The summed E-state index contributed by atoms with van der Waals surface area (Å²) in [6, 6.07) is 8.03. The SMILES string of the molecule is CCC(CBr)CN1CCCc2ccccc2C1=O. The van der Waals surface area contributed by atoms with Crippen LogP contribution < -0.4 is 0 Å². The van der Waals surface area contributed by atoms with Gasteiger partial charge in [0.25, 0.3) is 5.91 Å². The molecule has 1 amide bonds. The first-order chi connectivity index (χ1) is 8.76. The van der Waals surface area contributed by atoms with E-state index < -0.39 is 0 Å². The van der Waals surface area contributed by atoms with Crippen molar-refractivity contribution in [1.82, 2.24) is 4.90 Å². The number of alkyl halides is 1. The second-order valence-electron chi connectivity index (χ2n) is 4.94. The molecule has 3 heteroatoms. The van der Waals surface area contributed by atoms with Crippen molar-refractivity contribution in [2.45, 2.75) is 26.2 Å². The summed E-state index contributed by atoms with van der Waals surface area (Å²) in [5.74, 6) is 0.765. The van der Waals surface area contributed by atoms with Gasteiger partial charge in [-0.25, -0.2) is 0 Å². The Bertz CT molecular complexity index is 415. The molecule has 1 atom stereocenters. The van der Waals surface area contributed by atoms with E-state index >= 15 is 0 Å². The molecule has 98 valence electrons. The summed E-state index contributed by atoms with van der Waals surface area (Å²) in [7, 11) is 0. The fraction of sp³-hybridized carbons (Fsp3) is 0.533. The number of hydrogen-bond acceptors (Lipinski definition) is 1. The lowest BCUT2D eigenvalue weighted by Crippen LogP contribution is -2.35. The lowest BCUT2D eigenvalue weighted by atomic mass is 10.0. The van der Waals surface area contributed by atoms with E-state index in [9.17, 15) is 4.79 Å². The third-order valence-electron chi connectivity index (χ3n) is 3.68. The quantitative estimate of drug-likeness (QED) is 0.780. The van der Waals surface area contributed by atoms with Crippen molar-refractivity contribution in [2.24, 2.45) is 5.92 Å². The molecule has 2 nitrogen and oxygen atoms in total. The molecule has 1 aromatic carbocycles. The highest BCUT2D eigenvalue weighted by Crippen LogP contribution is 2.20. The first-order valence-corrected chi connectivity index (χ1v) is 7.81. The predicted molar refractivity (Wildman–Crippen MR) is 78.2 cm³/mol. The zero-order valence-corrected chi connectivity index (χ0v) is 12.4. The number of hydrogen-bond donors (Lipinski definition) is 0. The maximum absolute atomic E-state index is 12.5. The minimum atomic E-state index is 0.211. The highest BCUT2D eigenvalue weighted by molar-refractivity contribution is 9.09. The third kappa shape index (κ3) is 2.94. The smallest absolute Gasteiger partial charge is 0.254 e. The van der Waals surface area contributed by atoms with Gasteiger partial charge in [0, 0.05) is 24.0 Å². The van der Waals surface area contributed by atoms with Crippen LogP contribution in [0.15, 0.2) is 24.3 Å². The molecule has 1 aliphatic rings. The fourth-order valence-electron chi connectivity index (χ4n) is 2.45. The number of carbonyl (C=O) groups is 1. The summed E-state index contributed by atoms with van der Waals surface area (Å²) >= 11 is 3.54. The normalized spacial score (nSPS) is 17.2. The van der Waals surface area contributed by atoms with E-state index in [-0.39, 0.29) is 5.91 Å². The van der Waals surface area contributed by atoms with Gasteiger partial charge in [-0.2, -0.15) is 0 Å². The predicted octanol–water partition coefficient (Wildman–Crippen LogP) is 3.50. The minimum Gasteiger partial charge on any atom is -0.338 e. The van der Waals surface area contributed by atoms with Crippen molar-refractivity contribution in [1.29, 1.82) is 0 Å². The van der Waals surface area contributed by atoms with E-state index in [4.69, 9.17) is 0 Å². The Morgan fingerprint density at radius 2 is 2.17 bits per heavy atom. The zero-order valence-electron chi connectivity index (χ0n) is 10.9. The number of fused-ring (bicyclic) bond motifs is 1. The Hall–Kier alpha value is -0.830. The maximum atomic E-state index is 12.5. The third-order valence-corrected chi connectivity index (χ3v) is 4.60. The second-order valence-corrected chi connectivity index (χ2v) is 5.59. The molecule has 1 unspecified atom stereocenters. The molecule has 0 fully saturated rings. The number of nitrogens with zero attached hydrogens (tertiary/aromatic N) is 1. The summed E-state index contributed by atoms with van der Waals surface area (Å²) in [5, 5.41) is 0.967. The second kappa shape index (κ2) is 6.37. The zero-order chi connectivity index (χ0) is 13.0. The van der Waals surface area contributed by atoms with Gasteiger partial charge in [-0.15, -0.1) is 0 Å². The van der Waals surface area contributed by atoms with E-state index in [1.165, 1.54) is 5.56 Å². The van der Waals surface area contributed by atoms with Crippen LogP contribution in [0.5, 0.6) is 0 Å². The largest absolute Gasteiger partial charge is 0.338 e. The van der Waals surface area contributed by atoms with Crippen LogP contribution in [0.4, 0.5) is 0 Å². The number of rotatable bonds is 4. The monoisotopic (exact) mass is 309 g/mol. The summed E-state index contributed by atoms with van der Waals surface area (Å²) in [5.41, 5.74) is 2.11. The van der Waals surface area contributed by atoms with Gasteiger partial charge < -0.3 is 4.90 Å². The van der Waals surface area contributed by atoms with Gasteiger partial charge in [-0.05, 0) is 30.4 Å². The molecule has 2 rings (SSSR count). The average Bonchev–Trinajstić information content (AvgIpc) is 2.56. The summed E-state index contributed by atoms with van der Waals surface area (Å²) in [4.78, 5) is 14.5. The van der Waals surface area contributed by atoms with Crippen LogP contribution in [-0.4, -0.2) is 29.2 Å². The Balaban J connectivity index is 2.17. The van der Waals surface area contributed by atoms with E-state index in [0.717, 1.165) is 43.2 Å². The number of halogens is 1. The van der Waals surface area contributed by atoms with Crippen molar-refractivity contribution in [2.75, 3.05) is 18.4 Å². The highest BCUT2D eigenvalue weighted by Gasteiger charge is 2.23. The van der Waals surface area contributed by atoms with Crippen LogP contribution in [0.2, 0.25) is 0 Å². The summed E-state index contributed by atoms with van der Waals surface area (Å²) in [6.45, 7) is 3.94. The van der Waals surface area contributed by atoms with Crippen molar-refractivity contribution < 1.29 is 4.79 Å². The lowest BCUT2D eigenvalue weighted by Gasteiger charge is -2.25. The van der Waals surface area contributed by atoms with Crippen molar-refractivity contribution in [3.63, 3.8) is 0 Å². The first kappa shape index (κ1) is 13.6. The minimum absolute atomic E-state index is 0.211. The van der Waals surface area contributed by atoms with Crippen molar-refractivity contribution in [3.8, 4) is 0 Å². The molecule has 18 heavy (non-hydrogen) atoms. The fourth-order valence-corrected chi connectivity index (χ4v) is 3.11. The molecule has 0 spiro atoms. The molecule has 1 aliphatic heterocycles. The van der Waals surface area contributed by atoms with Crippen LogP contribution in [0.3, 0.4) is 0 Å². The van der Waals surface area contributed by atoms with Gasteiger partial charge in [-0.3, -0.25) is 4.79 Å². The topological polar surface area (TPSA) is 20.3 Å². The standard InChI is InChI=1S/C15H20BrNO/c1-2-12(10-16)11-17-9-5-7-13-6-3-4-8-14(13)15(17)18/h3-4,6,8,12H,2,5,7,9-11H2,1H3. The van der Waals surface area contributed by atoms with Gasteiger partial charge in [0.1, 0.15) is 0 Å². The summed E-state index contributed by atoms with van der Waals surface area (Å²) < 4.78 is 0. The van der Waals surface area contributed by atoms with Crippen LogP contribution in [0.1, 0.15) is 35.7 Å². The van der Waals surface area contributed by atoms with E-state index in [1.807, 2.05) is 23.1 Å². The Kier molecular flexibility index (Phi) is 4.81. The molecule has 0 aromatic heterocycles. The van der Waals surface area contributed by atoms with Gasteiger partial charge in [0.2, 0.25) is 0 Å². The number of carbonyl (C=O) groups excluding carboxylic acids is 1. The average molecular weight is 310 g/mol. The molecule has 1 aromatic rings. The van der Waals surface area contributed by atoms with Crippen LogP contribution in [0, 0.1) is 5.92 Å². The lowest BCUT2D eigenvalue weighted by molar-refractivity contribution is 0.0738. The molecule has 1 heterocycles. The molecule has 0 bridgehead atoms. The number of amides is 1. The van der Waals surface area contributed by atoms with E-state index in [2.05, 4.69) is 28.9 Å². The molecule has 0 N–H and O–H groups in total. The van der Waals surface area contributed by atoms with Crippen LogP contribution in [0.25, 0.3) is 0 Å². The molecule has 0 saturated carbocycles. The van der Waals surface area contributed by atoms with Crippen LogP contribution in [-0.2, 0) is 6.42 Å². The number of aryl methyl sites for hydroxylation is 1. The van der Waals surface area contributed by atoms with Crippen molar-refractivity contribution >= 4 is 21.8 Å². The van der Waals surface area contributed by atoms with Crippen LogP contribution >= 0.6 is 15.9 Å². The van der Waals surface area contributed by atoms with Gasteiger partial charge in [-0.1, -0.05) is 47.5 Å². The molecule has 0 aliphatic carbocycles. The molecule has 0 radical (unpaired) electrons. The Morgan fingerprint density at radius 1 is 1.39 bits per heavy atom. The van der Waals surface area contributed by atoms with Gasteiger partial charge in [0.05, 0.1) is 0 Å². The molecular formula is C15H20BrNO. The van der Waals surface area contributed by atoms with Gasteiger partial charge in [0.15, 0.2) is 0 Å². The maximum Gasteiger partial charge on any atom is 0.254 e. The molecular weight excluding hydrogens is 290 g/mol. The number of benzene rings is 1. The van der Waals surface area contributed by atoms with E-state index in [0.29, 0.717) is 5.92 Å². The van der Waals surface area contributed by atoms with Gasteiger partial charge >= 0.3 is 0 Å². The summed E-state index contributed by atoms with van der Waals surface area (Å²) in [6.07, 6.45) is 3.20. The Labute approximate surface area is 117 Å². The Morgan fingerprint density at radius 3 is 2.89 bits per heavy atom. The highest BCUT2D eigenvalue weighted by atomic mass is 79.9. The van der Waals surface area contributed by atoms with Crippen molar-refractivity contribution in [3.05, 3.63) is 35.4 Å².